The fraction of sp³-hybridized carbons (Fsp3) is 0.136. The van der Waals surface area contributed by atoms with Gasteiger partial charge in [-0.2, -0.15) is 0 Å². The van der Waals surface area contributed by atoms with Gasteiger partial charge in [0.05, 0.1) is 13.7 Å². The van der Waals surface area contributed by atoms with Gasteiger partial charge in [0.15, 0.2) is 17.3 Å². The number of methoxy groups -OCH3 is 1. The third-order valence-corrected chi connectivity index (χ3v) is 4.55. The Bertz CT molecular complexity index is 1190. The van der Waals surface area contributed by atoms with Crippen LogP contribution in [0, 0.1) is 0 Å². The highest BCUT2D eigenvalue weighted by Crippen LogP contribution is 2.26. The number of hydrogen-bond acceptors (Lipinski definition) is 6. The first-order valence-corrected chi connectivity index (χ1v) is 9.78. The van der Waals surface area contributed by atoms with Gasteiger partial charge >= 0.3 is 0 Å². The Hall–Kier alpha value is -3.78. The quantitative estimate of drug-likeness (QED) is 0.438. The molecule has 1 N–H and O–H groups in total. The molecule has 4 aromatic rings. The molecule has 4 rings (SSSR count). The van der Waals surface area contributed by atoms with Crippen molar-refractivity contribution in [3.05, 3.63) is 89.1 Å². The maximum absolute atomic E-state index is 12.4. The number of carbonyl (C=O) groups is 1. The van der Waals surface area contributed by atoms with Gasteiger partial charge in [-0.3, -0.25) is 10.1 Å². The Morgan fingerprint density at radius 2 is 1.97 bits per heavy atom. The van der Waals surface area contributed by atoms with E-state index < -0.39 is 5.91 Å². The van der Waals surface area contributed by atoms with E-state index in [2.05, 4.69) is 15.4 Å². The van der Waals surface area contributed by atoms with Crippen molar-refractivity contribution >= 4 is 23.5 Å². The van der Waals surface area contributed by atoms with Gasteiger partial charge in [0.1, 0.15) is 18.7 Å². The summed E-state index contributed by atoms with van der Waals surface area (Å²) in [6.45, 7) is 0.634. The Morgan fingerprint density at radius 3 is 2.77 bits per heavy atom. The van der Waals surface area contributed by atoms with Crippen LogP contribution in [0.3, 0.4) is 0 Å². The second-order valence-corrected chi connectivity index (χ2v) is 6.99. The lowest BCUT2D eigenvalue weighted by atomic mass is 10.2. The average Bonchev–Trinajstić information content (AvgIpc) is 3.42. The molecule has 8 nitrogen and oxygen atoms in total. The van der Waals surface area contributed by atoms with Crippen LogP contribution < -0.4 is 14.8 Å². The molecule has 0 aliphatic rings. The standard InChI is InChI=1S/C22H19ClN4O4/c1-29-18-7-2-3-8-19(18)30-13-17-9-10-20(31-17)21(28)25-22-24-14-27(26-22)12-15-5-4-6-16(23)11-15/h2-11,14H,12-13H2,1H3,(H,25,26,28). The van der Waals surface area contributed by atoms with Crippen LogP contribution in [-0.4, -0.2) is 27.8 Å². The molecule has 2 aromatic carbocycles. The number of amides is 1. The van der Waals surface area contributed by atoms with Crippen LogP contribution >= 0.6 is 11.6 Å². The molecule has 2 aromatic heterocycles. The van der Waals surface area contributed by atoms with E-state index in [0.717, 1.165) is 5.56 Å². The molecule has 1 amide bonds. The summed E-state index contributed by atoms with van der Waals surface area (Å²) in [5.41, 5.74) is 0.973. The molecule has 0 atom stereocenters. The first-order valence-electron chi connectivity index (χ1n) is 9.40. The van der Waals surface area contributed by atoms with Crippen molar-refractivity contribution in [3.63, 3.8) is 0 Å². The van der Waals surface area contributed by atoms with Crippen molar-refractivity contribution in [1.82, 2.24) is 14.8 Å². The van der Waals surface area contributed by atoms with Crippen molar-refractivity contribution in [2.24, 2.45) is 0 Å². The van der Waals surface area contributed by atoms with E-state index in [1.165, 1.54) is 6.33 Å². The molecular formula is C22H19ClN4O4. The zero-order chi connectivity index (χ0) is 21.6. The predicted molar refractivity (Wildman–Crippen MR) is 115 cm³/mol. The van der Waals surface area contributed by atoms with Crippen LogP contribution in [0.1, 0.15) is 21.9 Å². The minimum atomic E-state index is -0.455. The fourth-order valence-electron chi connectivity index (χ4n) is 2.88. The number of aromatic nitrogens is 3. The lowest BCUT2D eigenvalue weighted by Crippen LogP contribution is -2.12. The van der Waals surface area contributed by atoms with Gasteiger partial charge < -0.3 is 13.9 Å². The van der Waals surface area contributed by atoms with Crippen molar-refractivity contribution in [1.29, 1.82) is 0 Å². The van der Waals surface area contributed by atoms with E-state index >= 15 is 0 Å². The first-order chi connectivity index (χ1) is 15.1. The number of hydrogen-bond donors (Lipinski definition) is 1. The molecular weight excluding hydrogens is 420 g/mol. The highest BCUT2D eigenvalue weighted by Gasteiger charge is 2.14. The fourth-order valence-corrected chi connectivity index (χ4v) is 3.09. The summed E-state index contributed by atoms with van der Waals surface area (Å²) in [7, 11) is 1.57. The minimum Gasteiger partial charge on any atom is -0.493 e. The molecule has 0 fully saturated rings. The van der Waals surface area contributed by atoms with E-state index in [9.17, 15) is 4.79 Å². The van der Waals surface area contributed by atoms with Crippen molar-refractivity contribution < 1.29 is 18.7 Å². The lowest BCUT2D eigenvalue weighted by Gasteiger charge is -2.08. The zero-order valence-electron chi connectivity index (χ0n) is 16.6. The Labute approximate surface area is 183 Å². The number of halogens is 1. The largest absolute Gasteiger partial charge is 0.493 e. The summed E-state index contributed by atoms with van der Waals surface area (Å²) >= 11 is 6.00. The third-order valence-electron chi connectivity index (χ3n) is 4.32. The molecule has 2 heterocycles. The van der Waals surface area contributed by atoms with Gasteiger partial charge in [0.25, 0.3) is 5.91 Å². The number of furan rings is 1. The lowest BCUT2D eigenvalue weighted by molar-refractivity contribution is 0.0991. The summed E-state index contributed by atoms with van der Waals surface area (Å²) in [5.74, 6) is 1.55. The molecule has 0 unspecified atom stereocenters. The number of anilines is 1. The van der Waals surface area contributed by atoms with Crippen LogP contribution in [0.25, 0.3) is 0 Å². The maximum atomic E-state index is 12.4. The van der Waals surface area contributed by atoms with E-state index in [1.54, 1.807) is 42.1 Å². The van der Waals surface area contributed by atoms with E-state index in [-0.39, 0.29) is 18.3 Å². The number of carbonyl (C=O) groups excluding carboxylic acids is 1. The van der Waals surface area contributed by atoms with Gasteiger partial charge in [-0.25, -0.2) is 9.67 Å². The molecule has 31 heavy (non-hydrogen) atoms. The van der Waals surface area contributed by atoms with Crippen molar-refractivity contribution in [2.75, 3.05) is 12.4 Å². The normalized spacial score (nSPS) is 10.6. The van der Waals surface area contributed by atoms with Crippen molar-refractivity contribution in [3.8, 4) is 11.5 Å². The van der Waals surface area contributed by atoms with E-state index in [1.807, 2.05) is 30.3 Å². The van der Waals surface area contributed by atoms with Crippen LogP contribution in [0.5, 0.6) is 11.5 Å². The molecule has 0 saturated heterocycles. The number of nitrogens with one attached hydrogen (secondary N) is 1. The van der Waals surface area contributed by atoms with Gasteiger partial charge in [-0.1, -0.05) is 35.9 Å². The first kappa shape index (κ1) is 20.5. The Kier molecular flexibility index (Phi) is 6.18. The summed E-state index contributed by atoms with van der Waals surface area (Å²) in [6, 6.07) is 18.0. The molecule has 0 aliphatic heterocycles. The highest BCUT2D eigenvalue weighted by atomic mass is 35.5. The molecule has 0 spiro atoms. The molecule has 0 aliphatic carbocycles. The van der Waals surface area contributed by atoms with Crippen LogP contribution in [0.4, 0.5) is 5.95 Å². The number of benzene rings is 2. The summed E-state index contributed by atoms with van der Waals surface area (Å²) in [4.78, 5) is 16.6. The average molecular weight is 439 g/mol. The second-order valence-electron chi connectivity index (χ2n) is 6.56. The predicted octanol–water partition coefficient (Wildman–Crippen LogP) is 4.41. The smallest absolute Gasteiger partial charge is 0.293 e. The van der Waals surface area contributed by atoms with Gasteiger partial charge in [-0.15, -0.1) is 5.10 Å². The molecule has 0 bridgehead atoms. The van der Waals surface area contributed by atoms with E-state index in [0.29, 0.717) is 28.8 Å². The third kappa shape index (κ3) is 5.23. The summed E-state index contributed by atoms with van der Waals surface area (Å²) < 4.78 is 18.1. The number of nitrogens with zero attached hydrogens (tertiary/aromatic N) is 3. The summed E-state index contributed by atoms with van der Waals surface area (Å²) in [6.07, 6.45) is 1.53. The van der Waals surface area contributed by atoms with Crippen LogP contribution in [-0.2, 0) is 13.2 Å². The number of para-hydroxylation sites is 2. The van der Waals surface area contributed by atoms with Crippen molar-refractivity contribution in [2.45, 2.75) is 13.2 Å². The molecule has 158 valence electrons. The van der Waals surface area contributed by atoms with E-state index in [4.69, 9.17) is 25.5 Å². The maximum Gasteiger partial charge on any atom is 0.293 e. The summed E-state index contributed by atoms with van der Waals surface area (Å²) in [5, 5.41) is 7.52. The van der Waals surface area contributed by atoms with Gasteiger partial charge in [0.2, 0.25) is 5.95 Å². The highest BCUT2D eigenvalue weighted by molar-refractivity contribution is 6.30. The molecule has 0 radical (unpaired) electrons. The van der Waals surface area contributed by atoms with Gasteiger partial charge in [-0.05, 0) is 42.0 Å². The van der Waals surface area contributed by atoms with Gasteiger partial charge in [0, 0.05) is 5.02 Å². The second kappa shape index (κ2) is 9.36. The molecule has 9 heteroatoms. The Balaban J connectivity index is 1.34. The molecule has 0 saturated carbocycles. The van der Waals surface area contributed by atoms with Crippen LogP contribution in [0.15, 0.2) is 71.4 Å². The minimum absolute atomic E-state index is 0.129. The monoisotopic (exact) mass is 438 g/mol. The SMILES string of the molecule is COc1ccccc1OCc1ccc(C(=O)Nc2ncn(Cc3cccc(Cl)c3)n2)o1. The number of rotatable bonds is 8. The Morgan fingerprint density at radius 1 is 1.13 bits per heavy atom. The zero-order valence-corrected chi connectivity index (χ0v) is 17.4. The number of ether oxygens (including phenoxy) is 2. The van der Waals surface area contributed by atoms with Crippen LogP contribution in [0.2, 0.25) is 5.02 Å². The topological polar surface area (TPSA) is 91.4 Å².